The fourth-order valence-corrected chi connectivity index (χ4v) is 5.46. The van der Waals surface area contributed by atoms with Crippen LogP contribution in [0.3, 0.4) is 0 Å². The smallest absolute Gasteiger partial charge is 0.243 e. The van der Waals surface area contributed by atoms with Gasteiger partial charge in [-0.25, -0.2) is 8.42 Å². The van der Waals surface area contributed by atoms with Gasteiger partial charge in [0.25, 0.3) is 0 Å². The van der Waals surface area contributed by atoms with Crippen molar-refractivity contribution in [2.75, 3.05) is 26.2 Å². The first-order valence-electron chi connectivity index (χ1n) is 8.41. The van der Waals surface area contributed by atoms with E-state index in [2.05, 4.69) is 0 Å². The van der Waals surface area contributed by atoms with Crippen LogP contribution >= 0.6 is 0 Å². The zero-order valence-corrected chi connectivity index (χ0v) is 16.4. The third kappa shape index (κ3) is 3.22. The van der Waals surface area contributed by atoms with E-state index >= 15 is 0 Å². The van der Waals surface area contributed by atoms with Crippen molar-refractivity contribution in [3.63, 3.8) is 0 Å². The zero-order valence-electron chi connectivity index (χ0n) is 15.6. The van der Waals surface area contributed by atoms with Gasteiger partial charge >= 0.3 is 0 Å². The van der Waals surface area contributed by atoms with Gasteiger partial charge in [-0.15, -0.1) is 0 Å². The largest absolute Gasteiger partial charge is 0.342 e. The molecular formula is C18H28N2O3S. The normalized spacial score (nSPS) is 17.0. The first-order valence-corrected chi connectivity index (χ1v) is 9.85. The van der Waals surface area contributed by atoms with Gasteiger partial charge in [0.2, 0.25) is 15.9 Å². The van der Waals surface area contributed by atoms with Gasteiger partial charge in [-0.1, -0.05) is 0 Å². The highest BCUT2D eigenvalue weighted by Crippen LogP contribution is 2.31. The second-order valence-corrected chi connectivity index (χ2v) is 8.59. The molecule has 6 heteroatoms. The van der Waals surface area contributed by atoms with E-state index in [-0.39, 0.29) is 5.91 Å². The second kappa shape index (κ2) is 6.84. The SMILES string of the molecule is CC(=O)N1CCCN(S(=O)(=O)c2c(C)c(C)c(C)c(C)c2C)CC1. The summed E-state index contributed by atoms with van der Waals surface area (Å²) in [6.45, 7) is 13.2. The molecule has 1 aromatic rings. The third-order valence-electron chi connectivity index (χ3n) is 5.43. The summed E-state index contributed by atoms with van der Waals surface area (Å²) < 4.78 is 28.1. The van der Waals surface area contributed by atoms with E-state index in [0.717, 1.165) is 27.8 Å². The van der Waals surface area contributed by atoms with Gasteiger partial charge in [0, 0.05) is 33.1 Å². The molecule has 1 heterocycles. The molecule has 1 fully saturated rings. The molecule has 134 valence electrons. The van der Waals surface area contributed by atoms with Gasteiger partial charge in [-0.2, -0.15) is 4.31 Å². The van der Waals surface area contributed by atoms with E-state index in [1.807, 2.05) is 34.6 Å². The molecule has 1 aromatic carbocycles. The number of carbonyl (C=O) groups excluding carboxylic acids is 1. The summed E-state index contributed by atoms with van der Waals surface area (Å²) in [5.41, 5.74) is 4.91. The van der Waals surface area contributed by atoms with Crippen LogP contribution in [0.25, 0.3) is 0 Å². The molecule has 0 N–H and O–H groups in total. The van der Waals surface area contributed by atoms with Crippen molar-refractivity contribution in [1.82, 2.24) is 9.21 Å². The van der Waals surface area contributed by atoms with Crippen molar-refractivity contribution in [2.45, 2.75) is 52.9 Å². The highest BCUT2D eigenvalue weighted by atomic mass is 32.2. The highest BCUT2D eigenvalue weighted by Gasteiger charge is 2.31. The van der Waals surface area contributed by atoms with E-state index in [9.17, 15) is 13.2 Å². The first kappa shape index (κ1) is 18.9. The van der Waals surface area contributed by atoms with E-state index in [1.54, 1.807) is 9.21 Å². The fourth-order valence-electron chi connectivity index (χ4n) is 3.43. The molecule has 0 saturated carbocycles. The Morgan fingerprint density at radius 3 is 1.79 bits per heavy atom. The van der Waals surface area contributed by atoms with E-state index < -0.39 is 10.0 Å². The van der Waals surface area contributed by atoms with Gasteiger partial charge in [0.15, 0.2) is 0 Å². The molecular weight excluding hydrogens is 324 g/mol. The van der Waals surface area contributed by atoms with Gasteiger partial charge in [0.1, 0.15) is 0 Å². The maximum absolute atomic E-state index is 13.3. The fraction of sp³-hybridized carbons (Fsp3) is 0.611. The monoisotopic (exact) mass is 352 g/mol. The molecule has 1 amide bonds. The predicted octanol–water partition coefficient (Wildman–Crippen LogP) is 2.47. The Bertz CT molecular complexity index is 740. The molecule has 0 radical (unpaired) electrons. The lowest BCUT2D eigenvalue weighted by molar-refractivity contribution is -0.128. The number of amides is 1. The van der Waals surface area contributed by atoms with E-state index in [1.165, 1.54) is 6.92 Å². The molecule has 1 aliphatic rings. The van der Waals surface area contributed by atoms with Crippen molar-refractivity contribution in [1.29, 1.82) is 0 Å². The van der Waals surface area contributed by atoms with Crippen LogP contribution in [-0.4, -0.2) is 49.7 Å². The minimum atomic E-state index is -3.56. The van der Waals surface area contributed by atoms with Gasteiger partial charge in [-0.05, 0) is 68.9 Å². The number of hydrogen-bond acceptors (Lipinski definition) is 3. The quantitative estimate of drug-likeness (QED) is 0.821. The molecule has 0 bridgehead atoms. The molecule has 1 aliphatic heterocycles. The van der Waals surface area contributed by atoms with Crippen molar-refractivity contribution in [2.24, 2.45) is 0 Å². The number of carbonyl (C=O) groups is 1. The lowest BCUT2D eigenvalue weighted by atomic mass is 9.95. The number of hydrogen-bond donors (Lipinski definition) is 0. The summed E-state index contributed by atoms with van der Waals surface area (Å²) in [4.78, 5) is 13.7. The summed E-state index contributed by atoms with van der Waals surface area (Å²) in [7, 11) is -3.56. The van der Waals surface area contributed by atoms with Crippen LogP contribution in [0.1, 0.15) is 41.2 Å². The highest BCUT2D eigenvalue weighted by molar-refractivity contribution is 7.89. The minimum Gasteiger partial charge on any atom is -0.342 e. The molecule has 0 aliphatic carbocycles. The summed E-state index contributed by atoms with van der Waals surface area (Å²) in [6, 6.07) is 0. The molecule has 0 unspecified atom stereocenters. The lowest BCUT2D eigenvalue weighted by Gasteiger charge is -2.25. The van der Waals surface area contributed by atoms with Crippen LogP contribution in [0, 0.1) is 34.6 Å². The maximum atomic E-state index is 13.3. The number of nitrogens with zero attached hydrogens (tertiary/aromatic N) is 2. The summed E-state index contributed by atoms with van der Waals surface area (Å²) in [6.07, 6.45) is 0.667. The number of benzene rings is 1. The molecule has 0 atom stereocenters. The number of sulfonamides is 1. The molecule has 2 rings (SSSR count). The van der Waals surface area contributed by atoms with Crippen molar-refractivity contribution < 1.29 is 13.2 Å². The maximum Gasteiger partial charge on any atom is 0.243 e. The van der Waals surface area contributed by atoms with Crippen LogP contribution in [0.15, 0.2) is 4.90 Å². The van der Waals surface area contributed by atoms with Crippen LogP contribution < -0.4 is 0 Å². The number of rotatable bonds is 2. The molecule has 0 aromatic heterocycles. The Morgan fingerprint density at radius 1 is 0.792 bits per heavy atom. The minimum absolute atomic E-state index is 0.00336. The summed E-state index contributed by atoms with van der Waals surface area (Å²) in [5.74, 6) is 0.00336. The molecule has 1 saturated heterocycles. The lowest BCUT2D eigenvalue weighted by Crippen LogP contribution is -2.37. The Balaban J connectivity index is 2.47. The Morgan fingerprint density at radius 2 is 1.29 bits per heavy atom. The van der Waals surface area contributed by atoms with E-state index in [4.69, 9.17) is 0 Å². The third-order valence-corrected chi connectivity index (χ3v) is 7.60. The van der Waals surface area contributed by atoms with Crippen LogP contribution in [0.2, 0.25) is 0 Å². The van der Waals surface area contributed by atoms with Crippen LogP contribution in [0.4, 0.5) is 0 Å². The summed E-state index contributed by atoms with van der Waals surface area (Å²) in [5, 5.41) is 0. The molecule has 24 heavy (non-hydrogen) atoms. The topological polar surface area (TPSA) is 57.7 Å². The zero-order chi connectivity index (χ0) is 18.2. The van der Waals surface area contributed by atoms with Gasteiger partial charge < -0.3 is 4.90 Å². The average molecular weight is 353 g/mol. The van der Waals surface area contributed by atoms with Crippen molar-refractivity contribution in [3.05, 3.63) is 27.8 Å². The van der Waals surface area contributed by atoms with Crippen LogP contribution in [0.5, 0.6) is 0 Å². The Labute approximate surface area is 145 Å². The van der Waals surface area contributed by atoms with Gasteiger partial charge in [-0.3, -0.25) is 4.79 Å². The standard InChI is InChI=1S/C18H28N2O3S/c1-12-13(2)15(4)18(16(5)14(12)3)24(22,23)20-9-7-8-19(10-11-20)17(6)21/h7-11H2,1-6H3. The van der Waals surface area contributed by atoms with Crippen molar-refractivity contribution in [3.8, 4) is 0 Å². The van der Waals surface area contributed by atoms with E-state index in [0.29, 0.717) is 37.5 Å². The molecule has 0 spiro atoms. The van der Waals surface area contributed by atoms with Crippen molar-refractivity contribution >= 4 is 15.9 Å². The Kier molecular flexibility index (Phi) is 5.40. The molecule has 5 nitrogen and oxygen atoms in total. The average Bonchev–Trinajstić information content (AvgIpc) is 2.77. The second-order valence-electron chi connectivity index (χ2n) is 6.72. The summed E-state index contributed by atoms with van der Waals surface area (Å²) >= 11 is 0. The Hall–Kier alpha value is -1.40. The predicted molar refractivity (Wildman–Crippen MR) is 95.8 cm³/mol. The van der Waals surface area contributed by atoms with Crippen LogP contribution in [-0.2, 0) is 14.8 Å². The van der Waals surface area contributed by atoms with Gasteiger partial charge in [0.05, 0.1) is 4.90 Å². The first-order chi connectivity index (χ1) is 11.1.